The fraction of sp³-hybridized carbons (Fsp3) is 0.500. The molecule has 0 aliphatic carbocycles. The molecule has 1 heterocycles. The molecule has 0 aromatic heterocycles. The molecule has 0 radical (unpaired) electrons. The Hall–Kier alpha value is -1.11. The highest BCUT2D eigenvalue weighted by Gasteiger charge is 2.29. The zero-order valence-electron chi connectivity index (χ0n) is 12.5. The maximum atomic E-state index is 12.4. The van der Waals surface area contributed by atoms with Gasteiger partial charge in [0.25, 0.3) is 0 Å². The van der Waals surface area contributed by atoms with Crippen LogP contribution in [0.3, 0.4) is 0 Å². The van der Waals surface area contributed by atoms with Crippen molar-refractivity contribution in [2.24, 2.45) is 0 Å². The molecule has 21 heavy (non-hydrogen) atoms. The fourth-order valence-corrected chi connectivity index (χ4v) is 3.41. The number of rotatable bonds is 2. The molecule has 0 bridgehead atoms. The van der Waals surface area contributed by atoms with Gasteiger partial charge in [-0.3, -0.25) is 9.59 Å². The molecule has 2 amide bonds. The monoisotopic (exact) mass is 400 g/mol. The van der Waals surface area contributed by atoms with Crippen molar-refractivity contribution in [1.82, 2.24) is 4.90 Å². The molecule has 1 aromatic carbocycles. The molecule has 1 N–H and O–H groups in total. The molecule has 1 aliphatic rings. The van der Waals surface area contributed by atoms with Crippen molar-refractivity contribution < 1.29 is 9.59 Å². The zero-order valence-corrected chi connectivity index (χ0v) is 14.6. The van der Waals surface area contributed by atoms with Crippen LogP contribution >= 0.6 is 22.6 Å². The SMILES string of the molecule is CCC1CCCCN1C(=O)C(=O)Nc1ccc(I)cc1C. The largest absolute Gasteiger partial charge is 0.331 e. The van der Waals surface area contributed by atoms with E-state index >= 15 is 0 Å². The molecular weight excluding hydrogens is 379 g/mol. The number of nitrogens with one attached hydrogen (secondary N) is 1. The molecule has 1 atom stereocenters. The van der Waals surface area contributed by atoms with Crippen molar-refractivity contribution in [3.8, 4) is 0 Å². The quantitative estimate of drug-likeness (QED) is 0.612. The lowest BCUT2D eigenvalue weighted by Crippen LogP contribution is -2.48. The first-order valence-corrected chi connectivity index (χ1v) is 8.49. The molecule has 1 fully saturated rings. The summed E-state index contributed by atoms with van der Waals surface area (Å²) in [5, 5.41) is 2.75. The van der Waals surface area contributed by atoms with E-state index in [1.165, 1.54) is 0 Å². The molecular formula is C16H21IN2O2. The molecule has 1 aliphatic heterocycles. The third kappa shape index (κ3) is 3.96. The molecule has 0 spiro atoms. The number of amides is 2. The van der Waals surface area contributed by atoms with Crippen molar-refractivity contribution >= 4 is 40.1 Å². The van der Waals surface area contributed by atoms with Crippen LogP contribution < -0.4 is 5.32 Å². The summed E-state index contributed by atoms with van der Waals surface area (Å²) in [5.41, 5.74) is 1.67. The van der Waals surface area contributed by atoms with E-state index in [0.717, 1.165) is 34.8 Å². The summed E-state index contributed by atoms with van der Waals surface area (Å²) in [6, 6.07) is 5.95. The van der Waals surface area contributed by atoms with Crippen LogP contribution in [0.1, 0.15) is 38.2 Å². The fourth-order valence-electron chi connectivity index (χ4n) is 2.77. The van der Waals surface area contributed by atoms with E-state index in [2.05, 4.69) is 34.8 Å². The highest BCUT2D eigenvalue weighted by atomic mass is 127. The Balaban J connectivity index is 2.06. The first kappa shape index (κ1) is 16.3. The number of hydrogen-bond acceptors (Lipinski definition) is 2. The predicted octanol–water partition coefficient (Wildman–Crippen LogP) is 3.33. The van der Waals surface area contributed by atoms with Gasteiger partial charge in [0.05, 0.1) is 0 Å². The maximum Gasteiger partial charge on any atom is 0.313 e. The van der Waals surface area contributed by atoms with Gasteiger partial charge in [0.2, 0.25) is 0 Å². The van der Waals surface area contributed by atoms with E-state index in [-0.39, 0.29) is 6.04 Å². The summed E-state index contributed by atoms with van der Waals surface area (Å²) in [7, 11) is 0. The molecule has 1 saturated heterocycles. The minimum atomic E-state index is -0.528. The average Bonchev–Trinajstić information content (AvgIpc) is 2.49. The minimum Gasteiger partial charge on any atom is -0.331 e. The highest BCUT2D eigenvalue weighted by molar-refractivity contribution is 14.1. The number of piperidine rings is 1. The van der Waals surface area contributed by atoms with E-state index in [4.69, 9.17) is 0 Å². The van der Waals surface area contributed by atoms with Gasteiger partial charge in [-0.05, 0) is 79.0 Å². The number of halogens is 1. The molecule has 4 nitrogen and oxygen atoms in total. The Labute approximate surface area is 139 Å². The van der Waals surface area contributed by atoms with Crippen molar-refractivity contribution in [2.75, 3.05) is 11.9 Å². The van der Waals surface area contributed by atoms with Crippen molar-refractivity contribution in [3.63, 3.8) is 0 Å². The second kappa shape index (κ2) is 7.24. The second-order valence-electron chi connectivity index (χ2n) is 5.47. The summed E-state index contributed by atoms with van der Waals surface area (Å²) in [5.74, 6) is -0.931. The van der Waals surface area contributed by atoms with E-state index in [9.17, 15) is 9.59 Å². The zero-order chi connectivity index (χ0) is 15.4. The highest BCUT2D eigenvalue weighted by Crippen LogP contribution is 2.21. The van der Waals surface area contributed by atoms with Gasteiger partial charge in [-0.2, -0.15) is 0 Å². The molecule has 114 valence electrons. The van der Waals surface area contributed by atoms with Crippen LogP contribution in [0, 0.1) is 10.5 Å². The number of hydrogen-bond donors (Lipinski definition) is 1. The minimum absolute atomic E-state index is 0.204. The normalized spacial score (nSPS) is 18.4. The topological polar surface area (TPSA) is 49.4 Å². The van der Waals surface area contributed by atoms with Crippen LogP contribution in [0.5, 0.6) is 0 Å². The van der Waals surface area contributed by atoms with Gasteiger partial charge in [-0.15, -0.1) is 0 Å². The van der Waals surface area contributed by atoms with Gasteiger partial charge >= 0.3 is 11.8 Å². The van der Waals surface area contributed by atoms with E-state index in [1.54, 1.807) is 4.90 Å². The number of aryl methyl sites for hydroxylation is 1. The Morgan fingerprint density at radius 3 is 2.81 bits per heavy atom. The first-order chi connectivity index (χ1) is 10.0. The smallest absolute Gasteiger partial charge is 0.313 e. The summed E-state index contributed by atoms with van der Waals surface area (Å²) in [6.45, 7) is 4.69. The van der Waals surface area contributed by atoms with Gasteiger partial charge in [0, 0.05) is 21.8 Å². The number of benzene rings is 1. The first-order valence-electron chi connectivity index (χ1n) is 7.41. The number of likely N-dealkylation sites (tertiary alicyclic amines) is 1. The van der Waals surface area contributed by atoms with Gasteiger partial charge < -0.3 is 10.2 Å². The maximum absolute atomic E-state index is 12.4. The lowest BCUT2D eigenvalue weighted by molar-refractivity contribution is -0.145. The van der Waals surface area contributed by atoms with Crippen LogP contribution in [0.2, 0.25) is 0 Å². The molecule has 1 aromatic rings. The van der Waals surface area contributed by atoms with Crippen molar-refractivity contribution in [2.45, 2.75) is 45.6 Å². The third-order valence-electron chi connectivity index (χ3n) is 3.99. The van der Waals surface area contributed by atoms with Gasteiger partial charge in [-0.1, -0.05) is 6.92 Å². The van der Waals surface area contributed by atoms with E-state index < -0.39 is 11.8 Å². The summed E-state index contributed by atoms with van der Waals surface area (Å²) in [6.07, 6.45) is 4.03. The Kier molecular flexibility index (Phi) is 5.61. The van der Waals surface area contributed by atoms with Crippen LogP contribution in [-0.2, 0) is 9.59 Å². The lowest BCUT2D eigenvalue weighted by atomic mass is 10.00. The van der Waals surface area contributed by atoms with Crippen LogP contribution in [0.15, 0.2) is 18.2 Å². The standard InChI is InChI=1S/C16H21IN2O2/c1-3-13-6-4-5-9-19(13)16(21)15(20)18-14-8-7-12(17)10-11(14)2/h7-8,10,13H,3-6,9H2,1-2H3,(H,18,20). The van der Waals surface area contributed by atoms with Crippen LogP contribution in [0.25, 0.3) is 0 Å². The molecule has 0 saturated carbocycles. The molecule has 5 heteroatoms. The van der Waals surface area contributed by atoms with Gasteiger partial charge in [0.1, 0.15) is 0 Å². The van der Waals surface area contributed by atoms with Gasteiger partial charge in [0.15, 0.2) is 0 Å². The number of carbonyl (C=O) groups excluding carboxylic acids is 2. The number of nitrogens with zero attached hydrogens (tertiary/aromatic N) is 1. The average molecular weight is 400 g/mol. The van der Waals surface area contributed by atoms with Crippen molar-refractivity contribution in [1.29, 1.82) is 0 Å². The molecule has 2 rings (SSSR count). The van der Waals surface area contributed by atoms with Crippen molar-refractivity contribution in [3.05, 3.63) is 27.3 Å². The Morgan fingerprint density at radius 2 is 2.14 bits per heavy atom. The van der Waals surface area contributed by atoms with Crippen LogP contribution in [0.4, 0.5) is 5.69 Å². The van der Waals surface area contributed by atoms with E-state index in [0.29, 0.717) is 12.2 Å². The summed E-state index contributed by atoms with van der Waals surface area (Å²) in [4.78, 5) is 26.3. The van der Waals surface area contributed by atoms with Crippen LogP contribution in [-0.4, -0.2) is 29.3 Å². The van der Waals surface area contributed by atoms with E-state index in [1.807, 2.05) is 25.1 Å². The Morgan fingerprint density at radius 1 is 1.38 bits per heavy atom. The predicted molar refractivity (Wildman–Crippen MR) is 92.2 cm³/mol. The third-order valence-corrected chi connectivity index (χ3v) is 4.66. The lowest BCUT2D eigenvalue weighted by Gasteiger charge is -2.34. The Bertz CT molecular complexity index is 545. The second-order valence-corrected chi connectivity index (χ2v) is 6.72. The number of carbonyl (C=O) groups is 2. The molecule has 1 unspecified atom stereocenters. The number of anilines is 1. The summed E-state index contributed by atoms with van der Waals surface area (Å²) >= 11 is 2.22. The van der Waals surface area contributed by atoms with Gasteiger partial charge in [-0.25, -0.2) is 0 Å². The summed E-state index contributed by atoms with van der Waals surface area (Å²) < 4.78 is 1.11.